The second kappa shape index (κ2) is 10.4. The third kappa shape index (κ3) is 7.88. The van der Waals surface area contributed by atoms with E-state index >= 15 is 0 Å². The number of hydrogen-bond donors (Lipinski definition) is 3. The molecule has 0 bridgehead atoms. The number of phenols is 2. The molecule has 2 aromatic carbocycles. The first-order valence-corrected chi connectivity index (χ1v) is 13.6. The molecule has 2 rings (SSSR count). The van der Waals surface area contributed by atoms with E-state index in [0.717, 1.165) is 18.3 Å². The van der Waals surface area contributed by atoms with Crippen LogP contribution in [0.3, 0.4) is 0 Å². The van der Waals surface area contributed by atoms with Crippen molar-refractivity contribution in [3.8, 4) is 11.5 Å². The fourth-order valence-corrected chi connectivity index (χ4v) is 3.89. The average Bonchev–Trinajstić information content (AvgIpc) is 2.58. The smallest absolute Gasteiger partial charge is 0.192 e. The molecule has 0 unspecified atom stereocenters. The van der Waals surface area contributed by atoms with Crippen molar-refractivity contribution >= 4 is 53.5 Å². The number of rotatable bonds is 4. The molecule has 150 valence electrons. The Morgan fingerprint density at radius 2 is 1.33 bits per heavy atom. The van der Waals surface area contributed by atoms with Gasteiger partial charge in [-0.1, -0.05) is 32.9 Å². The number of benzene rings is 2. The highest BCUT2D eigenvalue weighted by Crippen LogP contribution is 2.37. The van der Waals surface area contributed by atoms with Gasteiger partial charge in [0.05, 0.1) is 20.4 Å². The molecule has 0 spiro atoms. The van der Waals surface area contributed by atoms with E-state index in [2.05, 4.69) is 56.5 Å². The van der Waals surface area contributed by atoms with Gasteiger partial charge in [-0.2, -0.15) is 0 Å². The molecule has 0 amide bonds. The zero-order valence-electron chi connectivity index (χ0n) is 16.4. The minimum Gasteiger partial charge on any atom is -0.507 e. The third-order valence-electron chi connectivity index (χ3n) is 4.61. The molecule has 0 aliphatic rings. The predicted molar refractivity (Wildman–Crippen MR) is 130 cm³/mol. The zero-order chi connectivity index (χ0) is 20.8. The van der Waals surface area contributed by atoms with E-state index in [9.17, 15) is 5.11 Å². The molecule has 0 radical (unpaired) electrons. The predicted octanol–water partition coefficient (Wildman–Crippen LogP) is 6.01. The van der Waals surface area contributed by atoms with E-state index in [1.165, 1.54) is 0 Å². The highest BCUT2D eigenvalue weighted by molar-refractivity contribution is 14.1. The average molecular weight is 614 g/mol. The first-order chi connectivity index (χ1) is 12.4. The van der Waals surface area contributed by atoms with E-state index in [1.54, 1.807) is 24.3 Å². The lowest BCUT2D eigenvalue weighted by Crippen LogP contribution is -2.40. The van der Waals surface area contributed by atoms with Crippen molar-refractivity contribution in [3.63, 3.8) is 0 Å². The van der Waals surface area contributed by atoms with E-state index < -0.39 is 8.32 Å². The topological polar surface area (TPSA) is 69.9 Å². The van der Waals surface area contributed by atoms with Crippen LogP contribution in [0.25, 0.3) is 0 Å². The van der Waals surface area contributed by atoms with E-state index in [-0.39, 0.29) is 17.4 Å². The maximum Gasteiger partial charge on any atom is 0.192 e. The summed E-state index contributed by atoms with van der Waals surface area (Å²) in [5, 5.41) is 27.4. The van der Waals surface area contributed by atoms with Gasteiger partial charge in [0.2, 0.25) is 0 Å². The van der Waals surface area contributed by atoms with Crippen LogP contribution in [-0.2, 0) is 17.6 Å². The van der Waals surface area contributed by atoms with Gasteiger partial charge in [-0.05, 0) is 98.7 Å². The first kappa shape index (κ1) is 24.7. The maximum absolute atomic E-state index is 9.46. The van der Waals surface area contributed by atoms with Crippen molar-refractivity contribution in [1.82, 2.24) is 0 Å². The fourth-order valence-electron chi connectivity index (χ4n) is 1.77. The summed E-state index contributed by atoms with van der Waals surface area (Å²) < 4.78 is 7.77. The number of aromatic hydroxyl groups is 2. The summed E-state index contributed by atoms with van der Waals surface area (Å²) in [4.78, 5) is 0. The van der Waals surface area contributed by atoms with Crippen molar-refractivity contribution < 1.29 is 19.7 Å². The Hall–Kier alpha value is -0.363. The molecule has 0 fully saturated rings. The summed E-state index contributed by atoms with van der Waals surface area (Å²) in [6.45, 7) is 11.9. The van der Waals surface area contributed by atoms with Crippen LogP contribution in [0.15, 0.2) is 36.4 Å². The molecule has 0 saturated carbocycles. The molecule has 0 heterocycles. The van der Waals surface area contributed by atoms with Gasteiger partial charge < -0.3 is 19.7 Å². The largest absolute Gasteiger partial charge is 0.507 e. The van der Waals surface area contributed by atoms with Gasteiger partial charge in [-0.25, -0.2) is 0 Å². The van der Waals surface area contributed by atoms with Gasteiger partial charge in [0, 0.05) is 0 Å². The molecule has 0 aliphatic carbocycles. The van der Waals surface area contributed by atoms with Crippen LogP contribution in [0.2, 0.25) is 18.1 Å². The van der Waals surface area contributed by atoms with Crippen molar-refractivity contribution in [2.45, 2.75) is 52.1 Å². The first-order valence-electron chi connectivity index (χ1n) is 8.57. The minimum atomic E-state index is -1.68. The van der Waals surface area contributed by atoms with Crippen molar-refractivity contribution in [2.24, 2.45) is 0 Å². The highest BCUT2D eigenvalue weighted by atomic mass is 127. The van der Waals surface area contributed by atoms with Gasteiger partial charge in [-0.15, -0.1) is 0 Å². The Bertz CT molecular complexity index is 758. The molecule has 0 aliphatic heterocycles. The molecule has 0 atom stereocenters. The van der Waals surface area contributed by atoms with Gasteiger partial charge in [0.15, 0.2) is 8.32 Å². The Balaban J connectivity index is 0.000000309. The number of aliphatic hydroxyl groups is 1. The Labute approximate surface area is 190 Å². The number of hydrogen-bond acceptors (Lipinski definition) is 4. The van der Waals surface area contributed by atoms with Crippen LogP contribution >= 0.6 is 45.2 Å². The van der Waals surface area contributed by atoms with Crippen molar-refractivity contribution in [1.29, 1.82) is 0 Å². The maximum atomic E-state index is 9.46. The summed E-state index contributed by atoms with van der Waals surface area (Å²) in [5.74, 6) is 0.597. The number of aliphatic hydroxyl groups excluding tert-OH is 1. The summed E-state index contributed by atoms with van der Waals surface area (Å²) >= 11 is 4.14. The summed E-state index contributed by atoms with van der Waals surface area (Å²) in [6.07, 6.45) is 0. The van der Waals surface area contributed by atoms with Crippen LogP contribution in [-0.4, -0.2) is 23.6 Å². The summed E-state index contributed by atoms with van der Waals surface area (Å²) in [5.41, 5.74) is 1.94. The quantitative estimate of drug-likeness (QED) is 0.292. The lowest BCUT2D eigenvalue weighted by molar-refractivity contribution is 0.276. The molecular formula is C20H28I2O4Si. The zero-order valence-corrected chi connectivity index (χ0v) is 21.7. The monoisotopic (exact) mass is 614 g/mol. The van der Waals surface area contributed by atoms with Crippen LogP contribution < -0.4 is 0 Å². The van der Waals surface area contributed by atoms with E-state index in [0.29, 0.717) is 12.4 Å². The highest BCUT2D eigenvalue weighted by Gasteiger charge is 2.36. The number of phenolic OH excluding ortho intramolecular Hbond substituents is 2. The van der Waals surface area contributed by atoms with E-state index in [1.807, 2.05) is 34.7 Å². The second-order valence-corrected chi connectivity index (χ2v) is 14.9. The second-order valence-electron chi connectivity index (χ2n) is 7.78. The minimum absolute atomic E-state index is 0.0241. The Kier molecular flexibility index (Phi) is 9.53. The molecule has 0 aromatic heterocycles. The Morgan fingerprint density at radius 1 is 0.889 bits per heavy atom. The van der Waals surface area contributed by atoms with Crippen LogP contribution in [0.5, 0.6) is 11.5 Å². The molecule has 7 heteroatoms. The molecule has 2 aromatic rings. The molecule has 3 N–H and O–H groups in total. The summed E-state index contributed by atoms with van der Waals surface area (Å²) in [6, 6.07) is 10.6. The van der Waals surface area contributed by atoms with Crippen molar-refractivity contribution in [3.05, 3.63) is 54.7 Å². The lowest BCUT2D eigenvalue weighted by atomic mass is 10.2. The molecular weight excluding hydrogens is 586 g/mol. The SMILES string of the molecule is CC(C)(C)[Si](C)(C)OCc1ccc(O)c(I)c1.OCc1ccc(O)c(I)c1. The normalized spacial score (nSPS) is 11.7. The van der Waals surface area contributed by atoms with Crippen LogP contribution in [0, 0.1) is 7.14 Å². The van der Waals surface area contributed by atoms with Crippen LogP contribution in [0.1, 0.15) is 31.9 Å². The van der Waals surface area contributed by atoms with Gasteiger partial charge in [-0.3, -0.25) is 0 Å². The van der Waals surface area contributed by atoms with Crippen molar-refractivity contribution in [2.75, 3.05) is 0 Å². The molecule has 27 heavy (non-hydrogen) atoms. The van der Waals surface area contributed by atoms with Gasteiger partial charge in [0.25, 0.3) is 0 Å². The molecule has 4 nitrogen and oxygen atoms in total. The lowest BCUT2D eigenvalue weighted by Gasteiger charge is -2.36. The van der Waals surface area contributed by atoms with Gasteiger partial charge in [0.1, 0.15) is 11.5 Å². The van der Waals surface area contributed by atoms with Crippen LogP contribution in [0.4, 0.5) is 0 Å². The fraction of sp³-hybridized carbons (Fsp3) is 0.400. The Morgan fingerprint density at radius 3 is 1.74 bits per heavy atom. The number of halogens is 2. The van der Waals surface area contributed by atoms with Gasteiger partial charge >= 0.3 is 0 Å². The van der Waals surface area contributed by atoms with E-state index in [4.69, 9.17) is 14.6 Å². The standard InChI is InChI=1S/C13H21IO2Si.C7H7IO2/c1-13(2,3)17(4,5)16-9-10-6-7-12(15)11(14)8-10;8-6-3-5(4-9)1-2-7(6)10/h6-8,15H,9H2,1-5H3;1-3,9-10H,4H2. The molecule has 0 saturated heterocycles. The summed E-state index contributed by atoms with van der Waals surface area (Å²) in [7, 11) is -1.68. The third-order valence-corrected chi connectivity index (χ3v) is 10.8.